The van der Waals surface area contributed by atoms with Gasteiger partial charge in [0.05, 0.1) is 0 Å². The molecule has 0 aliphatic rings. The van der Waals surface area contributed by atoms with E-state index >= 15 is 0 Å². The van der Waals surface area contributed by atoms with E-state index in [9.17, 15) is 0 Å². The van der Waals surface area contributed by atoms with E-state index in [1.54, 1.807) is 18.5 Å². The average molecular weight is 100 g/mol. The summed E-state index contributed by atoms with van der Waals surface area (Å²) >= 11 is 0. The highest BCUT2D eigenvalue weighted by atomic mass is 19.0. The Bertz CT molecular complexity index is 81.6. The fourth-order valence-electron chi connectivity index (χ4n) is 0.253. The third-order valence-corrected chi connectivity index (χ3v) is 0.478. The maximum atomic E-state index is 3.67. The van der Waals surface area contributed by atoms with Crippen LogP contribution in [-0.4, -0.2) is 9.97 Å². The number of nitrogens with zero attached hydrogens (tertiary/aromatic N) is 2. The average Bonchev–Trinajstić information content (AvgIpc) is 1.72. The van der Waals surface area contributed by atoms with Crippen LogP contribution >= 0.6 is 0 Å². The molecule has 0 spiro atoms. The molecule has 0 radical (unpaired) electrons. The van der Waals surface area contributed by atoms with Gasteiger partial charge < -0.3 is 0 Å². The highest BCUT2D eigenvalue weighted by Gasteiger charge is 1.59. The molecule has 1 aromatic heterocycles. The summed E-state index contributed by atoms with van der Waals surface area (Å²) in [4.78, 5) is 7.35. The smallest absolute Gasteiger partial charge is 0.115 e. The minimum Gasteiger partial charge on any atom is -0.269 e. The minimum atomic E-state index is 0. The Morgan fingerprint density at radius 3 is 1.71 bits per heavy atom. The van der Waals surface area contributed by atoms with Crippen molar-refractivity contribution in [3.8, 4) is 0 Å². The van der Waals surface area contributed by atoms with Crippen molar-refractivity contribution in [2.75, 3.05) is 0 Å². The van der Waals surface area contributed by atoms with Crippen LogP contribution in [0.3, 0.4) is 0 Å². The van der Waals surface area contributed by atoms with Crippen LogP contribution in [0.25, 0.3) is 0 Å². The Hall–Kier alpha value is -0.990. The zero-order chi connectivity index (χ0) is 4.24. The number of hydrogen-bond acceptors (Lipinski definition) is 2. The summed E-state index contributed by atoms with van der Waals surface area (Å²) in [5.74, 6) is 0. The van der Waals surface area contributed by atoms with Crippen molar-refractivity contribution in [3.05, 3.63) is 24.8 Å². The third-order valence-electron chi connectivity index (χ3n) is 0.478. The first-order chi connectivity index (χ1) is 3.00. The first-order valence-electron chi connectivity index (χ1n) is 1.70. The predicted octanol–water partition coefficient (Wildman–Crippen LogP) is 0.629. The van der Waals surface area contributed by atoms with Crippen LogP contribution in [0.15, 0.2) is 24.8 Å². The molecule has 0 unspecified atom stereocenters. The van der Waals surface area contributed by atoms with E-state index in [-0.39, 0.29) is 4.70 Å². The summed E-state index contributed by atoms with van der Waals surface area (Å²) in [5.41, 5.74) is 0. The van der Waals surface area contributed by atoms with Gasteiger partial charge in [0.1, 0.15) is 6.33 Å². The maximum Gasteiger partial charge on any atom is 0.115 e. The lowest BCUT2D eigenvalue weighted by Crippen LogP contribution is -1.66. The molecule has 0 atom stereocenters. The second-order valence-corrected chi connectivity index (χ2v) is 0.904. The van der Waals surface area contributed by atoms with Gasteiger partial charge in [0.15, 0.2) is 0 Å². The fraction of sp³-hybridized carbons (Fsp3) is 0. The van der Waals surface area contributed by atoms with Crippen LogP contribution in [0.4, 0.5) is 4.70 Å². The maximum absolute atomic E-state index is 3.67. The van der Waals surface area contributed by atoms with E-state index in [0.717, 1.165) is 0 Å². The van der Waals surface area contributed by atoms with E-state index in [1.165, 1.54) is 6.33 Å². The lowest BCUT2D eigenvalue weighted by atomic mass is 10.7. The van der Waals surface area contributed by atoms with E-state index in [4.69, 9.17) is 0 Å². The SMILES string of the molecule is F.c1cncnc1. The van der Waals surface area contributed by atoms with Crippen molar-refractivity contribution in [2.24, 2.45) is 0 Å². The van der Waals surface area contributed by atoms with Gasteiger partial charge in [0, 0.05) is 12.4 Å². The molecule has 0 saturated carbocycles. The van der Waals surface area contributed by atoms with Gasteiger partial charge in [-0.05, 0) is 6.07 Å². The van der Waals surface area contributed by atoms with E-state index < -0.39 is 0 Å². The number of halogens is 1. The first kappa shape index (κ1) is 6.01. The summed E-state index contributed by atoms with van der Waals surface area (Å²) in [6.45, 7) is 0. The zero-order valence-electron chi connectivity index (χ0n) is 3.61. The van der Waals surface area contributed by atoms with Crippen LogP contribution in [0.1, 0.15) is 0 Å². The normalized spacial score (nSPS) is 6.86. The Labute approximate surface area is 40.6 Å². The Morgan fingerprint density at radius 1 is 1.00 bits per heavy atom. The molecule has 1 rings (SSSR count). The molecule has 0 aromatic carbocycles. The molecular formula is C4H5FN2. The standard InChI is InChI=1S/C4H4N2.FH/c1-2-5-4-6-3-1;/h1-4H;1H. The van der Waals surface area contributed by atoms with Crippen molar-refractivity contribution in [3.63, 3.8) is 0 Å². The highest BCUT2D eigenvalue weighted by Crippen LogP contribution is 1.66. The van der Waals surface area contributed by atoms with Crippen LogP contribution in [-0.2, 0) is 0 Å². The minimum absolute atomic E-state index is 0. The summed E-state index contributed by atoms with van der Waals surface area (Å²) < 4.78 is 0. The number of hydrogen-bond donors (Lipinski definition) is 0. The summed E-state index contributed by atoms with van der Waals surface area (Å²) in [6.07, 6.45) is 4.88. The van der Waals surface area contributed by atoms with Crippen LogP contribution in [0.5, 0.6) is 0 Å². The lowest BCUT2D eigenvalue weighted by Gasteiger charge is -1.70. The van der Waals surface area contributed by atoms with Crippen LogP contribution in [0.2, 0.25) is 0 Å². The zero-order valence-corrected chi connectivity index (χ0v) is 3.61. The molecule has 0 bridgehead atoms. The third kappa shape index (κ3) is 1.81. The fourth-order valence-corrected chi connectivity index (χ4v) is 0.253. The lowest BCUT2D eigenvalue weighted by molar-refractivity contribution is 1.11. The van der Waals surface area contributed by atoms with Crippen molar-refractivity contribution in [2.45, 2.75) is 0 Å². The Morgan fingerprint density at radius 2 is 1.57 bits per heavy atom. The molecular weight excluding hydrogens is 95.1 g/mol. The van der Waals surface area contributed by atoms with Gasteiger partial charge in [-0.2, -0.15) is 0 Å². The second kappa shape index (κ2) is 3.21. The van der Waals surface area contributed by atoms with Crippen molar-refractivity contribution in [1.29, 1.82) is 0 Å². The van der Waals surface area contributed by atoms with Crippen molar-refractivity contribution < 1.29 is 4.70 Å². The second-order valence-electron chi connectivity index (χ2n) is 0.904. The molecule has 0 amide bonds. The van der Waals surface area contributed by atoms with Gasteiger partial charge >= 0.3 is 0 Å². The van der Waals surface area contributed by atoms with Crippen molar-refractivity contribution in [1.82, 2.24) is 9.97 Å². The summed E-state index contributed by atoms with van der Waals surface area (Å²) in [7, 11) is 0. The topological polar surface area (TPSA) is 25.8 Å². The van der Waals surface area contributed by atoms with Gasteiger partial charge in [-0.1, -0.05) is 0 Å². The molecule has 2 nitrogen and oxygen atoms in total. The molecule has 1 aromatic rings. The van der Waals surface area contributed by atoms with Gasteiger partial charge in [0.2, 0.25) is 0 Å². The predicted molar refractivity (Wildman–Crippen MR) is 24.5 cm³/mol. The van der Waals surface area contributed by atoms with Gasteiger partial charge in [-0.3, -0.25) is 4.70 Å². The first-order valence-corrected chi connectivity index (χ1v) is 1.70. The largest absolute Gasteiger partial charge is 0.269 e. The molecule has 38 valence electrons. The number of rotatable bonds is 0. The van der Waals surface area contributed by atoms with Gasteiger partial charge in [-0.25, -0.2) is 9.97 Å². The summed E-state index contributed by atoms with van der Waals surface area (Å²) in [6, 6.07) is 1.78. The Kier molecular flexibility index (Phi) is 2.76. The molecule has 7 heavy (non-hydrogen) atoms. The van der Waals surface area contributed by atoms with Crippen molar-refractivity contribution >= 4 is 0 Å². The Balaban J connectivity index is 0.000000360. The van der Waals surface area contributed by atoms with Gasteiger partial charge in [-0.15, -0.1) is 0 Å². The molecule has 0 aliphatic heterocycles. The number of aromatic nitrogens is 2. The van der Waals surface area contributed by atoms with Crippen LogP contribution < -0.4 is 0 Å². The van der Waals surface area contributed by atoms with E-state index in [2.05, 4.69) is 9.97 Å². The van der Waals surface area contributed by atoms with Crippen LogP contribution in [0, 0.1) is 0 Å². The van der Waals surface area contributed by atoms with Gasteiger partial charge in [0.25, 0.3) is 0 Å². The molecule has 3 heteroatoms. The quantitative estimate of drug-likeness (QED) is 0.477. The molecule has 1 heterocycles. The summed E-state index contributed by atoms with van der Waals surface area (Å²) in [5, 5.41) is 0. The highest BCUT2D eigenvalue weighted by molar-refractivity contribution is 4.74. The molecule has 0 saturated heterocycles. The molecule has 0 N–H and O–H groups in total. The molecule has 0 fully saturated rings. The van der Waals surface area contributed by atoms with E-state index in [1.807, 2.05) is 0 Å². The molecule has 0 aliphatic carbocycles. The monoisotopic (exact) mass is 100 g/mol. The van der Waals surface area contributed by atoms with E-state index in [0.29, 0.717) is 0 Å².